The van der Waals surface area contributed by atoms with Crippen molar-refractivity contribution >= 4 is 22.5 Å². The Kier molecular flexibility index (Phi) is 2.87. The SMILES string of the molecule is Cc1nsc(N)c1C(=O)OC(C)C. The average molecular weight is 200 g/mol. The number of hydrogen-bond acceptors (Lipinski definition) is 5. The molecule has 0 aromatic carbocycles. The highest BCUT2D eigenvalue weighted by atomic mass is 32.1. The van der Waals surface area contributed by atoms with Crippen LogP contribution in [0.25, 0.3) is 0 Å². The standard InChI is InChI=1S/C8H12N2O2S/c1-4(2)12-8(11)6-5(3)10-13-7(6)9/h4H,9H2,1-3H3. The molecule has 0 bridgehead atoms. The number of aryl methyl sites for hydroxylation is 1. The van der Waals surface area contributed by atoms with Gasteiger partial charge in [0.05, 0.1) is 11.8 Å². The smallest absolute Gasteiger partial charge is 0.343 e. The van der Waals surface area contributed by atoms with Crippen molar-refractivity contribution in [2.24, 2.45) is 0 Å². The van der Waals surface area contributed by atoms with E-state index in [0.717, 1.165) is 11.5 Å². The van der Waals surface area contributed by atoms with Gasteiger partial charge in [-0.1, -0.05) is 0 Å². The van der Waals surface area contributed by atoms with Crippen LogP contribution in [0.15, 0.2) is 0 Å². The summed E-state index contributed by atoms with van der Waals surface area (Å²) in [5.74, 6) is -0.390. The van der Waals surface area contributed by atoms with Gasteiger partial charge >= 0.3 is 5.97 Å². The summed E-state index contributed by atoms with van der Waals surface area (Å²) in [6.45, 7) is 5.33. The number of nitrogen functional groups attached to an aromatic ring is 1. The maximum absolute atomic E-state index is 11.4. The van der Waals surface area contributed by atoms with Gasteiger partial charge in [-0.15, -0.1) is 0 Å². The highest BCUT2D eigenvalue weighted by Crippen LogP contribution is 2.21. The highest BCUT2D eigenvalue weighted by molar-refractivity contribution is 7.10. The Morgan fingerprint density at radius 3 is 2.62 bits per heavy atom. The molecule has 1 rings (SSSR count). The first-order chi connectivity index (χ1) is 6.02. The first kappa shape index (κ1) is 9.98. The van der Waals surface area contributed by atoms with E-state index >= 15 is 0 Å². The molecular formula is C8H12N2O2S. The number of nitrogens with zero attached hydrogens (tertiary/aromatic N) is 1. The molecule has 2 N–H and O–H groups in total. The summed E-state index contributed by atoms with van der Waals surface area (Å²) in [7, 11) is 0. The number of anilines is 1. The van der Waals surface area contributed by atoms with E-state index in [9.17, 15) is 4.79 Å². The van der Waals surface area contributed by atoms with Gasteiger partial charge in [0.1, 0.15) is 10.6 Å². The second-order valence-electron chi connectivity index (χ2n) is 2.96. The van der Waals surface area contributed by atoms with Gasteiger partial charge in [-0.05, 0) is 32.3 Å². The van der Waals surface area contributed by atoms with Crippen LogP contribution in [0.1, 0.15) is 29.9 Å². The Hall–Kier alpha value is -1.10. The third-order valence-corrected chi connectivity index (χ3v) is 2.20. The van der Waals surface area contributed by atoms with Crippen LogP contribution in [0.2, 0.25) is 0 Å². The molecule has 0 atom stereocenters. The summed E-state index contributed by atoms with van der Waals surface area (Å²) in [6, 6.07) is 0. The maximum Gasteiger partial charge on any atom is 0.343 e. The number of ether oxygens (including phenoxy) is 1. The highest BCUT2D eigenvalue weighted by Gasteiger charge is 2.18. The quantitative estimate of drug-likeness (QED) is 0.736. The molecule has 0 amide bonds. The lowest BCUT2D eigenvalue weighted by molar-refractivity contribution is 0.0378. The summed E-state index contributed by atoms with van der Waals surface area (Å²) in [6.07, 6.45) is -0.133. The molecule has 72 valence electrons. The second kappa shape index (κ2) is 3.74. The molecule has 0 radical (unpaired) electrons. The van der Waals surface area contributed by atoms with Crippen LogP contribution in [0, 0.1) is 6.92 Å². The zero-order valence-electron chi connectivity index (χ0n) is 7.83. The van der Waals surface area contributed by atoms with E-state index in [1.54, 1.807) is 20.8 Å². The van der Waals surface area contributed by atoms with Crippen LogP contribution in [0.3, 0.4) is 0 Å². The van der Waals surface area contributed by atoms with E-state index in [1.807, 2.05) is 0 Å². The minimum Gasteiger partial charge on any atom is -0.459 e. The number of hydrogen-bond donors (Lipinski definition) is 1. The predicted octanol–water partition coefficient (Wildman–Crippen LogP) is 1.60. The minimum absolute atomic E-state index is 0.133. The molecule has 0 saturated heterocycles. The molecule has 0 aliphatic heterocycles. The molecule has 0 spiro atoms. The lowest BCUT2D eigenvalue weighted by atomic mass is 10.2. The van der Waals surface area contributed by atoms with Crippen LogP contribution >= 0.6 is 11.5 Å². The first-order valence-electron chi connectivity index (χ1n) is 3.95. The summed E-state index contributed by atoms with van der Waals surface area (Å²) < 4.78 is 8.96. The summed E-state index contributed by atoms with van der Waals surface area (Å²) in [5.41, 5.74) is 6.61. The molecule has 0 aliphatic carbocycles. The van der Waals surface area contributed by atoms with Gasteiger partial charge in [0.25, 0.3) is 0 Å². The third-order valence-electron chi connectivity index (χ3n) is 1.44. The Morgan fingerprint density at radius 1 is 1.62 bits per heavy atom. The van der Waals surface area contributed by atoms with Gasteiger partial charge in [0.15, 0.2) is 0 Å². The number of carbonyl (C=O) groups is 1. The van der Waals surface area contributed by atoms with Crippen molar-refractivity contribution in [3.63, 3.8) is 0 Å². The summed E-state index contributed by atoms with van der Waals surface area (Å²) >= 11 is 1.11. The van der Waals surface area contributed by atoms with Gasteiger partial charge in [0.2, 0.25) is 0 Å². The molecular weight excluding hydrogens is 188 g/mol. The van der Waals surface area contributed by atoms with E-state index < -0.39 is 5.97 Å². The Balaban J connectivity index is 2.88. The van der Waals surface area contributed by atoms with Crippen molar-refractivity contribution in [1.29, 1.82) is 0 Å². The molecule has 5 heteroatoms. The van der Waals surface area contributed by atoms with E-state index in [-0.39, 0.29) is 6.10 Å². The number of carbonyl (C=O) groups excluding carboxylic acids is 1. The van der Waals surface area contributed by atoms with Crippen LogP contribution < -0.4 is 5.73 Å². The zero-order valence-corrected chi connectivity index (χ0v) is 8.64. The molecule has 13 heavy (non-hydrogen) atoms. The van der Waals surface area contributed by atoms with Gasteiger partial charge in [-0.25, -0.2) is 4.79 Å². The molecule has 0 unspecified atom stereocenters. The van der Waals surface area contributed by atoms with Gasteiger partial charge < -0.3 is 10.5 Å². The lowest BCUT2D eigenvalue weighted by Crippen LogP contribution is -2.13. The zero-order chi connectivity index (χ0) is 10.0. The van der Waals surface area contributed by atoms with Crippen LogP contribution in [-0.4, -0.2) is 16.4 Å². The Bertz CT molecular complexity index is 300. The van der Waals surface area contributed by atoms with Crippen molar-refractivity contribution in [2.45, 2.75) is 26.9 Å². The Labute approximate surface area is 80.9 Å². The molecule has 1 heterocycles. The fourth-order valence-electron chi connectivity index (χ4n) is 0.909. The average Bonchev–Trinajstić information content (AvgIpc) is 2.29. The number of rotatable bonds is 2. The van der Waals surface area contributed by atoms with Crippen molar-refractivity contribution in [1.82, 2.24) is 4.37 Å². The summed E-state index contributed by atoms with van der Waals surface area (Å²) in [5, 5.41) is 0.420. The number of esters is 1. The van der Waals surface area contributed by atoms with E-state index in [2.05, 4.69) is 4.37 Å². The van der Waals surface area contributed by atoms with Gasteiger partial charge in [-0.3, -0.25) is 0 Å². The predicted molar refractivity (Wildman–Crippen MR) is 51.8 cm³/mol. The normalized spacial score (nSPS) is 10.5. The third kappa shape index (κ3) is 2.18. The van der Waals surface area contributed by atoms with E-state index in [1.165, 1.54) is 0 Å². The van der Waals surface area contributed by atoms with Crippen molar-refractivity contribution in [3.05, 3.63) is 11.3 Å². The lowest BCUT2D eigenvalue weighted by Gasteiger charge is -2.07. The molecule has 1 aromatic heterocycles. The van der Waals surface area contributed by atoms with Crippen molar-refractivity contribution < 1.29 is 9.53 Å². The van der Waals surface area contributed by atoms with E-state index in [0.29, 0.717) is 16.3 Å². The molecule has 0 saturated carbocycles. The molecule has 0 fully saturated rings. The van der Waals surface area contributed by atoms with Crippen LogP contribution in [0.5, 0.6) is 0 Å². The number of nitrogens with two attached hydrogens (primary N) is 1. The molecule has 1 aromatic rings. The van der Waals surface area contributed by atoms with Crippen LogP contribution in [0.4, 0.5) is 5.00 Å². The fraction of sp³-hybridized carbons (Fsp3) is 0.500. The first-order valence-corrected chi connectivity index (χ1v) is 4.72. The maximum atomic E-state index is 11.4. The Morgan fingerprint density at radius 2 is 2.23 bits per heavy atom. The fourth-order valence-corrected chi connectivity index (χ4v) is 1.56. The second-order valence-corrected chi connectivity index (χ2v) is 3.77. The number of aromatic nitrogens is 1. The van der Waals surface area contributed by atoms with Crippen LogP contribution in [-0.2, 0) is 4.74 Å². The molecule has 0 aliphatic rings. The van der Waals surface area contributed by atoms with Crippen molar-refractivity contribution in [2.75, 3.05) is 5.73 Å². The van der Waals surface area contributed by atoms with Crippen molar-refractivity contribution in [3.8, 4) is 0 Å². The molecule has 4 nitrogen and oxygen atoms in total. The van der Waals surface area contributed by atoms with E-state index in [4.69, 9.17) is 10.5 Å². The minimum atomic E-state index is -0.390. The largest absolute Gasteiger partial charge is 0.459 e. The summed E-state index contributed by atoms with van der Waals surface area (Å²) in [4.78, 5) is 11.4. The topological polar surface area (TPSA) is 65.2 Å². The van der Waals surface area contributed by atoms with Gasteiger partial charge in [-0.2, -0.15) is 4.37 Å². The van der Waals surface area contributed by atoms with Gasteiger partial charge in [0, 0.05) is 0 Å². The monoisotopic (exact) mass is 200 g/mol.